The Balaban J connectivity index is 2.67. The van der Waals surface area contributed by atoms with E-state index in [1.807, 2.05) is 6.92 Å². The van der Waals surface area contributed by atoms with E-state index >= 15 is 0 Å². The fourth-order valence-electron chi connectivity index (χ4n) is 1.53. The van der Waals surface area contributed by atoms with E-state index in [4.69, 9.17) is 9.52 Å². The first kappa shape index (κ1) is 9.21. The zero-order valence-electron chi connectivity index (χ0n) is 7.83. The van der Waals surface area contributed by atoms with Crippen LogP contribution < -0.4 is 0 Å². The van der Waals surface area contributed by atoms with Gasteiger partial charge in [0.25, 0.3) is 0 Å². The van der Waals surface area contributed by atoms with E-state index < -0.39 is 0 Å². The second kappa shape index (κ2) is 3.42. The quantitative estimate of drug-likeness (QED) is 0.797. The van der Waals surface area contributed by atoms with Crippen molar-refractivity contribution in [3.63, 3.8) is 0 Å². The topological polar surface area (TPSA) is 33.4 Å². The molecule has 1 unspecified atom stereocenters. The minimum Gasteiger partial charge on any atom is -0.464 e. The van der Waals surface area contributed by atoms with Gasteiger partial charge in [0, 0.05) is 18.1 Å². The van der Waals surface area contributed by atoms with Gasteiger partial charge in [-0.3, -0.25) is 0 Å². The zero-order valence-corrected chi connectivity index (χ0v) is 7.83. The van der Waals surface area contributed by atoms with Crippen molar-refractivity contribution < 1.29 is 13.9 Å². The van der Waals surface area contributed by atoms with Gasteiger partial charge >= 0.3 is 0 Å². The zero-order chi connectivity index (χ0) is 10.1. The van der Waals surface area contributed by atoms with Crippen LogP contribution in [0.25, 0.3) is 11.0 Å². The van der Waals surface area contributed by atoms with Crippen LogP contribution >= 0.6 is 0 Å². The average Bonchev–Trinajstić information content (AvgIpc) is 2.62. The summed E-state index contributed by atoms with van der Waals surface area (Å²) in [5.74, 6) is -0.403. The molecule has 0 saturated heterocycles. The van der Waals surface area contributed by atoms with Crippen molar-refractivity contribution in [3.8, 4) is 0 Å². The van der Waals surface area contributed by atoms with Gasteiger partial charge < -0.3 is 9.52 Å². The van der Waals surface area contributed by atoms with Gasteiger partial charge in [-0.1, -0.05) is 13.0 Å². The second-order valence-corrected chi connectivity index (χ2v) is 3.39. The van der Waals surface area contributed by atoms with Crippen LogP contribution in [0.15, 0.2) is 28.9 Å². The van der Waals surface area contributed by atoms with E-state index in [2.05, 4.69) is 0 Å². The third-order valence-corrected chi connectivity index (χ3v) is 2.38. The van der Waals surface area contributed by atoms with Gasteiger partial charge in [0.05, 0.1) is 11.6 Å². The monoisotopic (exact) mass is 194 g/mol. The lowest BCUT2D eigenvalue weighted by molar-refractivity contribution is 0.273. The Labute approximate surface area is 81.0 Å². The van der Waals surface area contributed by atoms with Crippen LogP contribution in [-0.4, -0.2) is 11.7 Å². The maximum atomic E-state index is 13.4. The van der Waals surface area contributed by atoms with E-state index in [1.54, 1.807) is 12.1 Å². The van der Waals surface area contributed by atoms with E-state index in [-0.39, 0.29) is 18.3 Å². The van der Waals surface area contributed by atoms with Gasteiger partial charge in [-0.2, -0.15) is 0 Å². The molecule has 0 bridgehead atoms. The smallest absolute Gasteiger partial charge is 0.137 e. The van der Waals surface area contributed by atoms with Crippen molar-refractivity contribution in [2.75, 3.05) is 6.61 Å². The lowest BCUT2D eigenvalue weighted by Gasteiger charge is -2.04. The van der Waals surface area contributed by atoms with Crippen molar-refractivity contribution in [2.24, 2.45) is 0 Å². The standard InChI is InChI=1S/C11H11FO2/c1-7(5-13)8-6-14-10-4-2-3-9(12)11(8)10/h2-4,6-7,13H,5H2,1H3. The number of rotatable bonds is 2. The number of aliphatic hydroxyl groups excluding tert-OH is 1. The van der Waals surface area contributed by atoms with Gasteiger partial charge in [0.2, 0.25) is 0 Å². The molecule has 2 nitrogen and oxygen atoms in total. The minimum atomic E-state index is -0.299. The van der Waals surface area contributed by atoms with Crippen molar-refractivity contribution in [1.29, 1.82) is 0 Å². The van der Waals surface area contributed by atoms with Crippen LogP contribution in [-0.2, 0) is 0 Å². The lowest BCUT2D eigenvalue weighted by atomic mass is 10.0. The molecule has 14 heavy (non-hydrogen) atoms. The average molecular weight is 194 g/mol. The Morgan fingerprint density at radius 3 is 3.00 bits per heavy atom. The maximum absolute atomic E-state index is 13.4. The molecule has 0 amide bonds. The summed E-state index contributed by atoms with van der Waals surface area (Å²) in [5.41, 5.74) is 1.25. The van der Waals surface area contributed by atoms with Crippen molar-refractivity contribution in [3.05, 3.63) is 35.8 Å². The minimum absolute atomic E-state index is 0.0109. The first-order valence-electron chi connectivity index (χ1n) is 4.50. The Hall–Kier alpha value is -1.35. The summed E-state index contributed by atoms with van der Waals surface area (Å²) in [5, 5.41) is 9.47. The van der Waals surface area contributed by atoms with Crippen LogP contribution in [0, 0.1) is 5.82 Å². The molecule has 1 atom stereocenters. The molecule has 0 radical (unpaired) electrons. The third-order valence-electron chi connectivity index (χ3n) is 2.38. The lowest BCUT2D eigenvalue weighted by Crippen LogP contribution is -1.98. The molecule has 2 rings (SSSR count). The Morgan fingerprint density at radius 2 is 2.29 bits per heavy atom. The van der Waals surface area contributed by atoms with Crippen LogP contribution in [0.2, 0.25) is 0 Å². The molecule has 0 spiro atoms. The predicted molar refractivity (Wildman–Crippen MR) is 51.7 cm³/mol. The number of furan rings is 1. The molecular weight excluding hydrogens is 183 g/mol. The summed E-state index contributed by atoms with van der Waals surface area (Å²) in [6.45, 7) is 1.82. The fraction of sp³-hybridized carbons (Fsp3) is 0.273. The van der Waals surface area contributed by atoms with Crippen LogP contribution in [0.4, 0.5) is 4.39 Å². The van der Waals surface area contributed by atoms with Gasteiger partial charge in [0.15, 0.2) is 0 Å². The number of aliphatic hydroxyl groups is 1. The number of hydrogen-bond acceptors (Lipinski definition) is 2. The normalized spacial score (nSPS) is 13.4. The Bertz CT molecular complexity index is 447. The predicted octanol–water partition coefficient (Wildman–Crippen LogP) is 2.67. The number of halogens is 1. The van der Waals surface area contributed by atoms with Gasteiger partial charge in [-0.05, 0) is 12.1 Å². The molecule has 0 saturated carbocycles. The summed E-state index contributed by atoms with van der Waals surface area (Å²) >= 11 is 0. The van der Waals surface area contributed by atoms with Gasteiger partial charge in [0.1, 0.15) is 11.4 Å². The molecule has 1 N–H and O–H groups in total. The second-order valence-electron chi connectivity index (χ2n) is 3.39. The summed E-state index contributed by atoms with van der Waals surface area (Å²) < 4.78 is 18.6. The SMILES string of the molecule is CC(CO)c1coc2cccc(F)c12. The molecule has 1 aromatic carbocycles. The summed E-state index contributed by atoms with van der Waals surface area (Å²) in [7, 11) is 0. The largest absolute Gasteiger partial charge is 0.464 e. The summed E-state index contributed by atoms with van der Waals surface area (Å²) in [6, 6.07) is 4.71. The molecule has 0 aliphatic carbocycles. The van der Waals surface area contributed by atoms with E-state index in [9.17, 15) is 4.39 Å². The first-order valence-corrected chi connectivity index (χ1v) is 4.50. The van der Waals surface area contributed by atoms with Crippen molar-refractivity contribution in [2.45, 2.75) is 12.8 Å². The summed E-state index contributed by atoms with van der Waals surface area (Å²) in [4.78, 5) is 0. The highest BCUT2D eigenvalue weighted by molar-refractivity contribution is 5.82. The van der Waals surface area contributed by atoms with E-state index in [0.29, 0.717) is 11.0 Å². The van der Waals surface area contributed by atoms with E-state index in [0.717, 1.165) is 5.56 Å². The highest BCUT2D eigenvalue weighted by Gasteiger charge is 2.14. The van der Waals surface area contributed by atoms with Crippen LogP contribution in [0.5, 0.6) is 0 Å². The third kappa shape index (κ3) is 1.30. The molecule has 0 fully saturated rings. The van der Waals surface area contributed by atoms with Gasteiger partial charge in [-0.15, -0.1) is 0 Å². The van der Waals surface area contributed by atoms with Crippen LogP contribution in [0.3, 0.4) is 0 Å². The first-order chi connectivity index (χ1) is 6.74. The number of benzene rings is 1. The molecule has 0 aliphatic rings. The number of hydrogen-bond donors (Lipinski definition) is 1. The molecule has 1 aromatic heterocycles. The van der Waals surface area contributed by atoms with E-state index in [1.165, 1.54) is 12.3 Å². The highest BCUT2D eigenvalue weighted by Crippen LogP contribution is 2.29. The molecule has 0 aliphatic heterocycles. The highest BCUT2D eigenvalue weighted by atomic mass is 19.1. The maximum Gasteiger partial charge on any atom is 0.137 e. The van der Waals surface area contributed by atoms with Crippen molar-refractivity contribution in [1.82, 2.24) is 0 Å². The van der Waals surface area contributed by atoms with Crippen LogP contribution in [0.1, 0.15) is 18.4 Å². The Kier molecular flexibility index (Phi) is 2.25. The molecule has 2 aromatic rings. The molecular formula is C11H11FO2. The van der Waals surface area contributed by atoms with Crippen molar-refractivity contribution >= 4 is 11.0 Å². The number of fused-ring (bicyclic) bond motifs is 1. The molecule has 74 valence electrons. The molecule has 1 heterocycles. The Morgan fingerprint density at radius 1 is 1.50 bits per heavy atom. The summed E-state index contributed by atoms with van der Waals surface area (Å²) in [6.07, 6.45) is 1.51. The molecule has 3 heteroatoms. The van der Waals surface area contributed by atoms with Gasteiger partial charge in [-0.25, -0.2) is 4.39 Å². The fourth-order valence-corrected chi connectivity index (χ4v) is 1.53.